The predicted molar refractivity (Wildman–Crippen MR) is 68.2 cm³/mol. The van der Waals surface area contributed by atoms with E-state index in [9.17, 15) is 8.42 Å². The van der Waals surface area contributed by atoms with Crippen LogP contribution in [0.4, 0.5) is 5.69 Å². The van der Waals surface area contributed by atoms with E-state index in [1.807, 2.05) is 0 Å². The van der Waals surface area contributed by atoms with Gasteiger partial charge in [0.05, 0.1) is 5.69 Å². The van der Waals surface area contributed by atoms with Crippen molar-refractivity contribution in [2.45, 2.75) is 30.7 Å². The van der Waals surface area contributed by atoms with Gasteiger partial charge in [0.1, 0.15) is 0 Å². The molecule has 0 atom stereocenters. The zero-order valence-corrected chi connectivity index (χ0v) is 10.9. The molecule has 0 aliphatic heterocycles. The van der Waals surface area contributed by atoms with E-state index in [0.29, 0.717) is 6.54 Å². The third-order valence-corrected chi connectivity index (χ3v) is 5.38. The number of rotatable bonds is 5. The molecule has 2 saturated carbocycles. The molecule has 0 amide bonds. The maximum atomic E-state index is 12.1. The van der Waals surface area contributed by atoms with E-state index in [1.54, 1.807) is 12.1 Å². The highest BCUT2D eigenvalue weighted by molar-refractivity contribution is 7.89. The van der Waals surface area contributed by atoms with Gasteiger partial charge in [-0.15, -0.1) is 0 Å². The summed E-state index contributed by atoms with van der Waals surface area (Å²) in [5.41, 5.74) is 6.08. The molecule has 18 heavy (non-hydrogen) atoms. The van der Waals surface area contributed by atoms with Gasteiger partial charge >= 0.3 is 0 Å². The van der Waals surface area contributed by atoms with Gasteiger partial charge in [0, 0.05) is 12.7 Å². The molecule has 2 aliphatic rings. The molecule has 1 aromatic heterocycles. The van der Waals surface area contributed by atoms with Crippen molar-refractivity contribution in [1.82, 2.24) is 9.71 Å². The Morgan fingerprint density at radius 1 is 1.44 bits per heavy atom. The summed E-state index contributed by atoms with van der Waals surface area (Å²) in [5, 5.41) is -0.0587. The van der Waals surface area contributed by atoms with Crippen LogP contribution in [0.2, 0.25) is 0 Å². The molecule has 2 fully saturated rings. The van der Waals surface area contributed by atoms with Gasteiger partial charge in [-0.1, -0.05) is 0 Å². The smallest absolute Gasteiger partial charge is 0.260 e. The van der Waals surface area contributed by atoms with E-state index >= 15 is 0 Å². The zero-order valence-electron chi connectivity index (χ0n) is 10.1. The van der Waals surface area contributed by atoms with Crippen LogP contribution in [0.1, 0.15) is 25.7 Å². The van der Waals surface area contributed by atoms with E-state index < -0.39 is 10.0 Å². The van der Waals surface area contributed by atoms with E-state index in [0.717, 1.165) is 18.8 Å². The van der Waals surface area contributed by atoms with E-state index in [4.69, 9.17) is 5.73 Å². The summed E-state index contributed by atoms with van der Waals surface area (Å²) in [6.45, 7) is 0.524. The summed E-state index contributed by atoms with van der Waals surface area (Å²) >= 11 is 0. The summed E-state index contributed by atoms with van der Waals surface area (Å²) in [7, 11) is -3.58. The zero-order chi connectivity index (χ0) is 12.8. The number of nitrogens with zero attached hydrogens (tertiary/aromatic N) is 1. The first-order valence-electron chi connectivity index (χ1n) is 6.24. The van der Waals surface area contributed by atoms with E-state index in [-0.39, 0.29) is 16.1 Å². The fraction of sp³-hybridized carbons (Fsp3) is 0.583. The van der Waals surface area contributed by atoms with Gasteiger partial charge in [0.25, 0.3) is 10.0 Å². The van der Waals surface area contributed by atoms with Crippen molar-refractivity contribution < 1.29 is 8.42 Å². The molecule has 0 saturated heterocycles. The van der Waals surface area contributed by atoms with Gasteiger partial charge in [0.15, 0.2) is 5.03 Å². The molecule has 0 bridgehead atoms. The summed E-state index contributed by atoms with van der Waals surface area (Å²) < 4.78 is 26.9. The predicted octanol–water partition coefficient (Wildman–Crippen LogP) is 1.13. The maximum Gasteiger partial charge on any atom is 0.260 e. The number of nitrogens with two attached hydrogens (primary N) is 1. The van der Waals surface area contributed by atoms with Crippen molar-refractivity contribution in [3.05, 3.63) is 18.3 Å². The maximum absolute atomic E-state index is 12.1. The number of anilines is 1. The average molecular weight is 267 g/mol. The normalized spacial score (nSPS) is 21.8. The molecule has 2 aliphatic carbocycles. The number of nitrogens with one attached hydrogen (secondary N) is 1. The molecule has 3 N–H and O–H groups in total. The monoisotopic (exact) mass is 267 g/mol. The molecule has 1 aromatic rings. The third-order valence-electron chi connectivity index (χ3n) is 4.00. The van der Waals surface area contributed by atoms with Gasteiger partial charge in [-0.05, 0) is 49.1 Å². The van der Waals surface area contributed by atoms with Crippen molar-refractivity contribution in [2.75, 3.05) is 12.3 Å². The highest BCUT2D eigenvalue weighted by Crippen LogP contribution is 2.60. The lowest BCUT2D eigenvalue weighted by Gasteiger charge is -2.15. The number of aromatic nitrogens is 1. The van der Waals surface area contributed by atoms with Crippen molar-refractivity contribution >= 4 is 15.7 Å². The molecule has 3 rings (SSSR count). The van der Waals surface area contributed by atoms with E-state index in [1.165, 1.54) is 19.0 Å². The van der Waals surface area contributed by atoms with Crippen molar-refractivity contribution in [1.29, 1.82) is 0 Å². The first kappa shape index (κ1) is 11.9. The molecule has 0 radical (unpaired) electrons. The first-order chi connectivity index (χ1) is 8.54. The summed E-state index contributed by atoms with van der Waals surface area (Å²) in [6.07, 6.45) is 6.20. The number of hydrogen-bond donors (Lipinski definition) is 2. The molecular formula is C12H17N3O2S. The Morgan fingerprint density at radius 2 is 2.17 bits per heavy atom. The third kappa shape index (κ3) is 2.10. The van der Waals surface area contributed by atoms with Gasteiger partial charge in [-0.3, -0.25) is 0 Å². The molecular weight excluding hydrogens is 250 g/mol. The molecule has 5 nitrogen and oxygen atoms in total. The van der Waals surface area contributed by atoms with Crippen LogP contribution in [0.15, 0.2) is 23.4 Å². The fourth-order valence-electron chi connectivity index (χ4n) is 2.52. The Kier molecular flexibility index (Phi) is 2.60. The second kappa shape index (κ2) is 3.93. The summed E-state index contributed by atoms with van der Waals surface area (Å²) in [6, 6.07) is 3.18. The van der Waals surface area contributed by atoms with Crippen LogP contribution in [-0.4, -0.2) is 19.9 Å². The van der Waals surface area contributed by atoms with Crippen LogP contribution in [-0.2, 0) is 10.0 Å². The summed E-state index contributed by atoms with van der Waals surface area (Å²) in [5.74, 6) is 0.723. The second-order valence-corrected chi connectivity index (χ2v) is 7.04. The number of pyridine rings is 1. The van der Waals surface area contributed by atoms with Crippen molar-refractivity contribution in [2.24, 2.45) is 11.3 Å². The van der Waals surface area contributed by atoms with Crippen LogP contribution in [0.25, 0.3) is 0 Å². The molecule has 1 heterocycles. The van der Waals surface area contributed by atoms with Crippen LogP contribution in [0.5, 0.6) is 0 Å². The van der Waals surface area contributed by atoms with Crippen LogP contribution < -0.4 is 10.5 Å². The minimum Gasteiger partial charge on any atom is -0.396 e. The van der Waals surface area contributed by atoms with Crippen LogP contribution in [0, 0.1) is 11.3 Å². The first-order valence-corrected chi connectivity index (χ1v) is 7.72. The largest absolute Gasteiger partial charge is 0.396 e. The average Bonchev–Trinajstić information content (AvgIpc) is 3.19. The molecule has 6 heteroatoms. The van der Waals surface area contributed by atoms with E-state index in [2.05, 4.69) is 9.71 Å². The Hall–Kier alpha value is -1.14. The minimum absolute atomic E-state index is 0.0587. The quantitative estimate of drug-likeness (QED) is 0.837. The SMILES string of the molecule is Nc1cccnc1S(=O)(=O)NCC1(C2CC2)CC1. The van der Waals surface area contributed by atoms with Crippen molar-refractivity contribution in [3.63, 3.8) is 0 Å². The van der Waals surface area contributed by atoms with Gasteiger partial charge in [-0.2, -0.15) is 0 Å². The standard InChI is InChI=1S/C12H17N3O2S/c13-10-2-1-7-14-11(10)18(16,17)15-8-12(5-6-12)9-3-4-9/h1-2,7,9,15H,3-6,8,13H2. The van der Waals surface area contributed by atoms with Gasteiger partial charge in [0.2, 0.25) is 0 Å². The van der Waals surface area contributed by atoms with Crippen molar-refractivity contribution in [3.8, 4) is 0 Å². The van der Waals surface area contributed by atoms with Crippen LogP contribution >= 0.6 is 0 Å². The topological polar surface area (TPSA) is 85.1 Å². The van der Waals surface area contributed by atoms with Gasteiger partial charge < -0.3 is 5.73 Å². The fourth-order valence-corrected chi connectivity index (χ4v) is 3.71. The Labute approximate surface area is 107 Å². The lowest BCUT2D eigenvalue weighted by atomic mass is 10.0. The molecule has 0 spiro atoms. The lowest BCUT2D eigenvalue weighted by Crippen LogP contribution is -2.32. The number of sulfonamides is 1. The van der Waals surface area contributed by atoms with Crippen LogP contribution in [0.3, 0.4) is 0 Å². The molecule has 0 aromatic carbocycles. The van der Waals surface area contributed by atoms with Gasteiger partial charge in [-0.25, -0.2) is 18.1 Å². The summed E-state index contributed by atoms with van der Waals surface area (Å²) in [4.78, 5) is 3.86. The highest BCUT2D eigenvalue weighted by atomic mass is 32.2. The number of hydrogen-bond acceptors (Lipinski definition) is 4. The minimum atomic E-state index is -3.58. The second-order valence-electron chi connectivity index (χ2n) is 5.36. The molecule has 0 unspecified atom stereocenters. The Morgan fingerprint density at radius 3 is 2.72 bits per heavy atom. The lowest BCUT2D eigenvalue weighted by molar-refractivity contribution is 0.431. The highest BCUT2D eigenvalue weighted by Gasteiger charge is 2.53. The Balaban J connectivity index is 1.73. The Bertz CT molecular complexity index is 562. The number of nitrogen functional groups attached to an aromatic ring is 1. The molecule has 98 valence electrons.